The van der Waals surface area contributed by atoms with Crippen LogP contribution in [0.1, 0.15) is 24.9 Å². The van der Waals surface area contributed by atoms with Crippen LogP contribution in [-0.4, -0.2) is 28.1 Å². The molecule has 0 saturated heterocycles. The minimum absolute atomic E-state index is 0. The molecule has 0 aliphatic rings. The van der Waals surface area contributed by atoms with Crippen LogP contribution >= 0.6 is 12.4 Å². The molecule has 1 heterocycles. The molecule has 0 fully saturated rings. The second-order valence-electron chi connectivity index (χ2n) is 3.93. The van der Waals surface area contributed by atoms with E-state index in [2.05, 4.69) is 17.0 Å². The third-order valence-electron chi connectivity index (χ3n) is 2.31. The number of sulfonamides is 1. The molecular formula is C11H21ClN2O3S. The fraction of sp³-hybridized carbons (Fsp3) is 0.636. The maximum Gasteiger partial charge on any atom is 0.244 e. The highest BCUT2D eigenvalue weighted by atomic mass is 35.5. The van der Waals surface area contributed by atoms with Crippen molar-refractivity contribution >= 4 is 22.4 Å². The lowest BCUT2D eigenvalue weighted by molar-refractivity contribution is 0.495. The molecule has 0 aromatic carbocycles. The summed E-state index contributed by atoms with van der Waals surface area (Å²) in [6, 6.07) is 1.54. The molecule has 0 atom stereocenters. The molecule has 18 heavy (non-hydrogen) atoms. The average molecular weight is 297 g/mol. The predicted octanol–water partition coefficient (Wildman–Crippen LogP) is 1.60. The molecule has 7 heteroatoms. The van der Waals surface area contributed by atoms with E-state index in [1.54, 1.807) is 13.8 Å². The van der Waals surface area contributed by atoms with Gasteiger partial charge in [0.15, 0.2) is 0 Å². The van der Waals surface area contributed by atoms with Gasteiger partial charge in [-0.1, -0.05) is 6.92 Å². The Kier molecular flexibility index (Phi) is 7.54. The lowest BCUT2D eigenvalue weighted by Crippen LogP contribution is -2.32. The van der Waals surface area contributed by atoms with Gasteiger partial charge in [-0.25, -0.2) is 13.1 Å². The van der Waals surface area contributed by atoms with Crippen molar-refractivity contribution in [2.24, 2.45) is 0 Å². The molecule has 0 spiro atoms. The van der Waals surface area contributed by atoms with Crippen LogP contribution in [0.4, 0.5) is 0 Å². The Balaban J connectivity index is 0.00000289. The average Bonchev–Trinajstić information content (AvgIpc) is 2.58. The van der Waals surface area contributed by atoms with Gasteiger partial charge in [-0.3, -0.25) is 0 Å². The van der Waals surface area contributed by atoms with Crippen LogP contribution in [0.5, 0.6) is 0 Å². The van der Waals surface area contributed by atoms with Gasteiger partial charge in [-0.05, 0) is 32.9 Å². The number of nitrogens with one attached hydrogen (secondary N) is 2. The van der Waals surface area contributed by atoms with Gasteiger partial charge in [0.2, 0.25) is 10.0 Å². The van der Waals surface area contributed by atoms with E-state index in [0.29, 0.717) is 24.6 Å². The van der Waals surface area contributed by atoms with Gasteiger partial charge in [0.05, 0.1) is 0 Å². The zero-order valence-corrected chi connectivity index (χ0v) is 12.6. The van der Waals surface area contributed by atoms with E-state index in [0.717, 1.165) is 13.0 Å². The first-order valence-corrected chi connectivity index (χ1v) is 7.23. The van der Waals surface area contributed by atoms with Crippen molar-refractivity contribution in [1.82, 2.24) is 10.0 Å². The Morgan fingerprint density at radius 1 is 1.22 bits per heavy atom. The quantitative estimate of drug-likeness (QED) is 0.750. The molecule has 0 unspecified atom stereocenters. The smallest absolute Gasteiger partial charge is 0.244 e. The maximum absolute atomic E-state index is 11.9. The zero-order chi connectivity index (χ0) is 12.9. The summed E-state index contributed by atoms with van der Waals surface area (Å²) >= 11 is 0. The van der Waals surface area contributed by atoms with E-state index in [1.165, 1.54) is 6.07 Å². The molecule has 0 aliphatic carbocycles. The Hall–Kier alpha value is -0.560. The molecule has 1 rings (SSSR count). The summed E-state index contributed by atoms with van der Waals surface area (Å²) < 4.78 is 31.5. The van der Waals surface area contributed by atoms with E-state index >= 15 is 0 Å². The number of furan rings is 1. The number of rotatable bonds is 7. The van der Waals surface area contributed by atoms with Gasteiger partial charge in [-0.15, -0.1) is 12.4 Å². The fourth-order valence-electron chi connectivity index (χ4n) is 1.53. The normalized spacial score (nSPS) is 11.3. The van der Waals surface area contributed by atoms with Gasteiger partial charge in [0, 0.05) is 13.1 Å². The largest absolute Gasteiger partial charge is 0.465 e. The van der Waals surface area contributed by atoms with Gasteiger partial charge >= 0.3 is 0 Å². The van der Waals surface area contributed by atoms with Crippen molar-refractivity contribution in [2.75, 3.05) is 19.6 Å². The minimum Gasteiger partial charge on any atom is -0.465 e. The molecule has 2 N–H and O–H groups in total. The highest BCUT2D eigenvalue weighted by molar-refractivity contribution is 7.89. The molecule has 0 amide bonds. The van der Waals surface area contributed by atoms with Crippen molar-refractivity contribution in [3.05, 3.63) is 17.6 Å². The molecule has 1 aromatic heterocycles. The summed E-state index contributed by atoms with van der Waals surface area (Å²) in [5, 5.41) is 3.13. The standard InChI is InChI=1S/C11H20N2O3S.ClH/c1-4-5-12-6-7-13-17(14,15)11-8-9(2)16-10(11)3;/h8,12-13H,4-7H2,1-3H3;1H. The Morgan fingerprint density at radius 2 is 1.89 bits per heavy atom. The molecule has 5 nitrogen and oxygen atoms in total. The fourth-order valence-corrected chi connectivity index (χ4v) is 2.80. The molecule has 106 valence electrons. The number of hydrogen-bond acceptors (Lipinski definition) is 4. The van der Waals surface area contributed by atoms with Crippen LogP contribution in [0.2, 0.25) is 0 Å². The molecule has 1 aromatic rings. The second kappa shape index (κ2) is 7.78. The number of hydrogen-bond donors (Lipinski definition) is 2. The number of halogens is 1. The van der Waals surface area contributed by atoms with Gasteiger partial charge in [-0.2, -0.15) is 0 Å². The third kappa shape index (κ3) is 4.97. The molecule has 0 bridgehead atoms. The Bertz CT molecular complexity index is 457. The highest BCUT2D eigenvalue weighted by Crippen LogP contribution is 2.18. The monoisotopic (exact) mass is 296 g/mol. The lowest BCUT2D eigenvalue weighted by Gasteiger charge is -2.06. The van der Waals surface area contributed by atoms with Gasteiger partial charge < -0.3 is 9.73 Å². The van der Waals surface area contributed by atoms with Crippen LogP contribution in [0.15, 0.2) is 15.4 Å². The van der Waals surface area contributed by atoms with E-state index in [-0.39, 0.29) is 17.3 Å². The van der Waals surface area contributed by atoms with Crippen molar-refractivity contribution in [3.8, 4) is 0 Å². The summed E-state index contributed by atoms with van der Waals surface area (Å²) in [4.78, 5) is 0.227. The summed E-state index contributed by atoms with van der Waals surface area (Å²) in [7, 11) is -3.44. The van der Waals surface area contributed by atoms with E-state index < -0.39 is 10.0 Å². The second-order valence-corrected chi connectivity index (χ2v) is 5.66. The molecule has 0 saturated carbocycles. The van der Waals surface area contributed by atoms with Crippen LogP contribution in [0.3, 0.4) is 0 Å². The van der Waals surface area contributed by atoms with Crippen molar-refractivity contribution < 1.29 is 12.8 Å². The maximum atomic E-state index is 11.9. The molecular weight excluding hydrogens is 276 g/mol. The highest BCUT2D eigenvalue weighted by Gasteiger charge is 2.19. The van der Waals surface area contributed by atoms with E-state index in [9.17, 15) is 8.42 Å². The van der Waals surface area contributed by atoms with Gasteiger partial charge in [0.25, 0.3) is 0 Å². The minimum atomic E-state index is -3.44. The van der Waals surface area contributed by atoms with Crippen molar-refractivity contribution in [1.29, 1.82) is 0 Å². The summed E-state index contributed by atoms with van der Waals surface area (Å²) in [5.74, 6) is 1.03. The topological polar surface area (TPSA) is 71.3 Å². The zero-order valence-electron chi connectivity index (χ0n) is 10.9. The SMILES string of the molecule is CCCNCCNS(=O)(=O)c1cc(C)oc1C.Cl. The lowest BCUT2D eigenvalue weighted by atomic mass is 10.4. The van der Waals surface area contributed by atoms with Gasteiger partial charge in [0.1, 0.15) is 16.4 Å². The first-order valence-electron chi connectivity index (χ1n) is 5.74. The first kappa shape index (κ1) is 17.4. The Labute approximate surface area is 115 Å². The summed E-state index contributed by atoms with van der Waals surface area (Å²) in [6.07, 6.45) is 1.03. The van der Waals surface area contributed by atoms with Crippen LogP contribution in [0, 0.1) is 13.8 Å². The first-order chi connectivity index (χ1) is 7.97. The van der Waals surface area contributed by atoms with Crippen molar-refractivity contribution in [3.63, 3.8) is 0 Å². The third-order valence-corrected chi connectivity index (χ3v) is 3.87. The van der Waals surface area contributed by atoms with Crippen molar-refractivity contribution in [2.45, 2.75) is 32.1 Å². The Morgan fingerprint density at radius 3 is 2.39 bits per heavy atom. The molecule has 0 radical (unpaired) electrons. The summed E-state index contributed by atoms with van der Waals surface area (Å²) in [6.45, 7) is 7.35. The number of aryl methyl sites for hydroxylation is 2. The van der Waals surface area contributed by atoms with E-state index in [1.807, 2.05) is 0 Å². The predicted molar refractivity (Wildman–Crippen MR) is 73.8 cm³/mol. The van der Waals surface area contributed by atoms with Crippen LogP contribution in [0.25, 0.3) is 0 Å². The molecule has 0 aliphatic heterocycles. The summed E-state index contributed by atoms with van der Waals surface area (Å²) in [5.41, 5.74) is 0. The van der Waals surface area contributed by atoms with Crippen LogP contribution < -0.4 is 10.0 Å². The van der Waals surface area contributed by atoms with E-state index in [4.69, 9.17) is 4.42 Å². The van der Waals surface area contributed by atoms with Crippen LogP contribution in [-0.2, 0) is 10.0 Å².